The van der Waals surface area contributed by atoms with E-state index in [0.717, 1.165) is 0 Å². The highest BCUT2D eigenvalue weighted by molar-refractivity contribution is 4.92. The molecule has 1 nitrogen and oxygen atoms in total. The fourth-order valence-corrected chi connectivity index (χ4v) is 8.78. The second-order valence-electron chi connectivity index (χ2n) is 18.3. The average molecular weight is 704 g/mol. The largest absolute Gasteiger partial charge is 0.293 e. The predicted molar refractivity (Wildman–Crippen MR) is 232 cm³/mol. The third-order valence-corrected chi connectivity index (χ3v) is 12.2. The molecule has 0 rings (SSSR count). The van der Waals surface area contributed by atoms with Crippen molar-refractivity contribution < 1.29 is 0 Å². The van der Waals surface area contributed by atoms with Crippen LogP contribution < -0.4 is 0 Å². The van der Waals surface area contributed by atoms with Gasteiger partial charge < -0.3 is 0 Å². The standard InChI is InChI=1S/C49H101N/c1-8-11-14-17-20-23-26-29-32-35-38-41-44-47-50(48(4,5)45-42-39-36-33-30-27-24-21-18-15-12-9-2)49(6,7)46-43-40-37-34-31-28-25-22-19-16-13-10-3/h8-47H2,1-7H3. The molecule has 1 heteroatoms. The van der Waals surface area contributed by atoms with E-state index in [2.05, 4.69) is 53.4 Å². The molecule has 0 saturated heterocycles. The van der Waals surface area contributed by atoms with Crippen LogP contribution in [0, 0.1) is 0 Å². The van der Waals surface area contributed by atoms with Gasteiger partial charge in [0.2, 0.25) is 0 Å². The lowest BCUT2D eigenvalue weighted by atomic mass is 9.85. The molecule has 0 amide bonds. The Bertz CT molecular complexity index is 595. The molecule has 0 heterocycles. The minimum Gasteiger partial charge on any atom is -0.293 e. The highest BCUT2D eigenvalue weighted by Gasteiger charge is 2.36. The van der Waals surface area contributed by atoms with Crippen molar-refractivity contribution in [3.05, 3.63) is 0 Å². The van der Waals surface area contributed by atoms with Gasteiger partial charge in [0.15, 0.2) is 0 Å². The van der Waals surface area contributed by atoms with Crippen LogP contribution in [0.5, 0.6) is 0 Å². The maximum atomic E-state index is 3.00. The maximum absolute atomic E-state index is 3.00. The first-order chi connectivity index (χ1) is 24.3. The molecular formula is C49H101N. The molecule has 0 bridgehead atoms. The van der Waals surface area contributed by atoms with Crippen LogP contribution in [0.1, 0.15) is 299 Å². The first-order valence-electron chi connectivity index (χ1n) is 24.1. The first-order valence-corrected chi connectivity index (χ1v) is 24.1. The highest BCUT2D eigenvalue weighted by Crippen LogP contribution is 2.34. The summed E-state index contributed by atoms with van der Waals surface area (Å²) in [7, 11) is 0. The van der Waals surface area contributed by atoms with Crippen molar-refractivity contribution >= 4 is 0 Å². The molecule has 0 fully saturated rings. The summed E-state index contributed by atoms with van der Waals surface area (Å²) in [6, 6.07) is 0. The molecule has 0 N–H and O–H groups in total. The molecular weight excluding hydrogens is 603 g/mol. The number of rotatable bonds is 42. The van der Waals surface area contributed by atoms with Crippen molar-refractivity contribution in [2.24, 2.45) is 0 Å². The van der Waals surface area contributed by atoms with Gasteiger partial charge in [-0.05, 0) is 53.5 Å². The number of nitrogens with zero attached hydrogens (tertiary/aromatic N) is 1. The molecule has 0 aliphatic rings. The molecule has 0 aliphatic carbocycles. The quantitative estimate of drug-likeness (QED) is 0.0572. The lowest BCUT2D eigenvalue weighted by Crippen LogP contribution is -2.55. The minimum absolute atomic E-state index is 0.302. The van der Waals surface area contributed by atoms with Crippen LogP contribution >= 0.6 is 0 Å². The normalized spacial score (nSPS) is 12.5. The summed E-state index contributed by atoms with van der Waals surface area (Å²) in [5, 5.41) is 0. The lowest BCUT2D eigenvalue weighted by Gasteiger charge is -2.49. The monoisotopic (exact) mass is 704 g/mol. The molecule has 0 aromatic heterocycles. The zero-order valence-corrected chi connectivity index (χ0v) is 36.7. The topological polar surface area (TPSA) is 3.24 Å². The van der Waals surface area contributed by atoms with E-state index in [0.29, 0.717) is 11.1 Å². The van der Waals surface area contributed by atoms with Gasteiger partial charge in [-0.2, -0.15) is 0 Å². The summed E-state index contributed by atoms with van der Waals surface area (Å²) in [6.45, 7) is 18.6. The van der Waals surface area contributed by atoms with Gasteiger partial charge in [0.1, 0.15) is 0 Å². The molecule has 0 radical (unpaired) electrons. The van der Waals surface area contributed by atoms with Crippen molar-refractivity contribution in [2.75, 3.05) is 6.54 Å². The Morgan fingerprint density at radius 3 is 0.640 bits per heavy atom. The maximum Gasteiger partial charge on any atom is 0.0158 e. The predicted octanol–water partition coefficient (Wildman–Crippen LogP) is 18.1. The molecule has 0 aliphatic heterocycles. The number of hydrogen-bond acceptors (Lipinski definition) is 1. The summed E-state index contributed by atoms with van der Waals surface area (Å²) in [5.41, 5.74) is 0.604. The van der Waals surface area contributed by atoms with Crippen LogP contribution in [0.4, 0.5) is 0 Å². The van der Waals surface area contributed by atoms with Gasteiger partial charge in [0.05, 0.1) is 0 Å². The van der Waals surface area contributed by atoms with Crippen LogP contribution in [0.15, 0.2) is 0 Å². The zero-order valence-electron chi connectivity index (χ0n) is 36.7. The fraction of sp³-hybridized carbons (Fsp3) is 1.00. The summed E-state index contributed by atoms with van der Waals surface area (Å²) in [6.07, 6.45) is 56.3. The smallest absolute Gasteiger partial charge is 0.0158 e. The molecule has 0 spiro atoms. The van der Waals surface area contributed by atoms with Crippen LogP contribution in [0.25, 0.3) is 0 Å². The van der Waals surface area contributed by atoms with Crippen molar-refractivity contribution in [1.82, 2.24) is 4.90 Å². The number of hydrogen-bond donors (Lipinski definition) is 0. The first kappa shape index (κ1) is 50.0. The van der Waals surface area contributed by atoms with Gasteiger partial charge >= 0.3 is 0 Å². The van der Waals surface area contributed by atoms with E-state index in [1.54, 1.807) is 0 Å². The van der Waals surface area contributed by atoms with E-state index < -0.39 is 0 Å². The van der Waals surface area contributed by atoms with Crippen molar-refractivity contribution in [3.8, 4) is 0 Å². The molecule has 0 atom stereocenters. The van der Waals surface area contributed by atoms with E-state index >= 15 is 0 Å². The SMILES string of the molecule is CCCCCCCCCCCCCCCN(C(C)(C)CCCCCCCCCCCCCC)C(C)(C)CCCCCCCCCCCCCC. The third kappa shape index (κ3) is 32.6. The van der Waals surface area contributed by atoms with Crippen molar-refractivity contribution in [1.29, 1.82) is 0 Å². The van der Waals surface area contributed by atoms with E-state index in [-0.39, 0.29) is 0 Å². The van der Waals surface area contributed by atoms with Crippen LogP contribution in [-0.2, 0) is 0 Å². The molecule has 0 aromatic carbocycles. The lowest BCUT2D eigenvalue weighted by molar-refractivity contribution is 0.00151. The Kier molecular flexibility index (Phi) is 37.3. The Labute approximate surface area is 320 Å². The number of unbranched alkanes of at least 4 members (excludes halogenated alkanes) is 34. The molecule has 302 valence electrons. The Hall–Kier alpha value is -0.0400. The van der Waals surface area contributed by atoms with Crippen LogP contribution in [0.2, 0.25) is 0 Å². The minimum atomic E-state index is 0.302. The van der Waals surface area contributed by atoms with E-state index in [1.807, 2.05) is 0 Å². The van der Waals surface area contributed by atoms with Crippen molar-refractivity contribution in [3.63, 3.8) is 0 Å². The Balaban J connectivity index is 4.52. The second kappa shape index (κ2) is 37.3. The van der Waals surface area contributed by atoms with Gasteiger partial charge in [0, 0.05) is 11.1 Å². The fourth-order valence-electron chi connectivity index (χ4n) is 8.78. The Morgan fingerprint density at radius 1 is 0.240 bits per heavy atom. The van der Waals surface area contributed by atoms with Crippen LogP contribution in [-0.4, -0.2) is 22.5 Å². The third-order valence-electron chi connectivity index (χ3n) is 12.2. The zero-order chi connectivity index (χ0) is 36.9. The average Bonchev–Trinajstić information content (AvgIpc) is 3.09. The summed E-state index contributed by atoms with van der Waals surface area (Å²) in [5.74, 6) is 0. The van der Waals surface area contributed by atoms with Gasteiger partial charge in [0.25, 0.3) is 0 Å². The molecule has 0 unspecified atom stereocenters. The molecule has 50 heavy (non-hydrogen) atoms. The van der Waals surface area contributed by atoms with Crippen molar-refractivity contribution in [2.45, 2.75) is 310 Å². The van der Waals surface area contributed by atoms with E-state index in [4.69, 9.17) is 0 Å². The Morgan fingerprint density at radius 2 is 0.420 bits per heavy atom. The molecule has 0 saturated carbocycles. The van der Waals surface area contributed by atoms with Gasteiger partial charge in [-0.3, -0.25) is 4.90 Å². The summed E-state index contributed by atoms with van der Waals surface area (Å²) < 4.78 is 0. The molecule has 0 aromatic rings. The van der Waals surface area contributed by atoms with Gasteiger partial charge in [-0.1, -0.05) is 252 Å². The van der Waals surface area contributed by atoms with Gasteiger partial charge in [-0.15, -0.1) is 0 Å². The van der Waals surface area contributed by atoms with E-state index in [1.165, 1.54) is 257 Å². The van der Waals surface area contributed by atoms with Crippen LogP contribution in [0.3, 0.4) is 0 Å². The van der Waals surface area contributed by atoms with Gasteiger partial charge in [-0.25, -0.2) is 0 Å². The summed E-state index contributed by atoms with van der Waals surface area (Å²) in [4.78, 5) is 3.00. The highest BCUT2D eigenvalue weighted by atomic mass is 15.2. The summed E-state index contributed by atoms with van der Waals surface area (Å²) >= 11 is 0. The second-order valence-corrected chi connectivity index (χ2v) is 18.3. The van der Waals surface area contributed by atoms with E-state index in [9.17, 15) is 0 Å².